The lowest BCUT2D eigenvalue weighted by Gasteiger charge is -2.32. The van der Waals surface area contributed by atoms with Crippen molar-refractivity contribution in [2.45, 2.75) is 122 Å². The first-order valence-electron chi connectivity index (χ1n) is 20.6. The number of nitrogens with zero attached hydrogens (tertiary/aromatic N) is 1. The van der Waals surface area contributed by atoms with Crippen LogP contribution in [0.25, 0.3) is 0 Å². The smallest absolute Gasteiger partial charge is 0.326 e. The van der Waals surface area contributed by atoms with E-state index in [1.807, 2.05) is 30.3 Å². The topological polar surface area (TPSA) is 258 Å². The SMILES string of the molecule is CC[C@@H](C)[C@H](NC(=O)N[C@@H]1CCCCNC(=O)[C@H](Cc2ccccc2)NC(=O)[C@H](CC(N)=O)N(C)C(=O)[C@H](CCCc2ccccc2)NC(=O)[C@H](C(C)C)NC1=O)C(=O)O. The van der Waals surface area contributed by atoms with Crippen LogP contribution >= 0.6 is 0 Å². The molecule has 1 heterocycles. The Morgan fingerprint density at radius 1 is 0.833 bits per heavy atom. The van der Waals surface area contributed by atoms with Gasteiger partial charge in [0.2, 0.25) is 35.4 Å². The van der Waals surface area contributed by atoms with Gasteiger partial charge in [-0.25, -0.2) is 9.59 Å². The van der Waals surface area contributed by atoms with E-state index >= 15 is 0 Å². The summed E-state index contributed by atoms with van der Waals surface area (Å²) in [5.74, 6) is -6.52. The van der Waals surface area contributed by atoms with Gasteiger partial charge >= 0.3 is 12.0 Å². The molecule has 1 aliphatic heterocycles. The molecule has 2 aromatic rings. The molecule has 3 rings (SSSR count). The van der Waals surface area contributed by atoms with E-state index in [1.165, 1.54) is 7.05 Å². The molecule has 8 amide bonds. The minimum absolute atomic E-state index is 0.0486. The Balaban J connectivity index is 2.03. The third-order valence-electron chi connectivity index (χ3n) is 10.7. The quantitative estimate of drug-likeness (QED) is 0.137. The van der Waals surface area contributed by atoms with Gasteiger partial charge in [-0.3, -0.25) is 28.8 Å². The van der Waals surface area contributed by atoms with E-state index in [0.29, 0.717) is 32.1 Å². The number of hydrogen-bond acceptors (Lipinski definition) is 8. The molecule has 1 aliphatic rings. The van der Waals surface area contributed by atoms with E-state index in [1.54, 1.807) is 58.0 Å². The van der Waals surface area contributed by atoms with E-state index in [9.17, 15) is 43.5 Å². The number of rotatable bonds is 14. The zero-order chi connectivity index (χ0) is 44.4. The van der Waals surface area contributed by atoms with Gasteiger partial charge in [0.05, 0.1) is 6.42 Å². The second-order valence-corrected chi connectivity index (χ2v) is 15.7. The summed E-state index contributed by atoms with van der Waals surface area (Å²) >= 11 is 0. The van der Waals surface area contributed by atoms with Crippen molar-refractivity contribution < 1.29 is 43.5 Å². The van der Waals surface area contributed by atoms with E-state index in [4.69, 9.17) is 5.73 Å². The molecular weight excluding hydrogens is 773 g/mol. The summed E-state index contributed by atoms with van der Waals surface area (Å²) in [6, 6.07) is 10.1. The van der Waals surface area contributed by atoms with Gasteiger partial charge in [0, 0.05) is 20.0 Å². The van der Waals surface area contributed by atoms with Crippen LogP contribution in [0.2, 0.25) is 0 Å². The normalized spacial score (nSPS) is 22.4. The first kappa shape index (κ1) is 48.4. The molecule has 17 heteroatoms. The molecule has 1 saturated heterocycles. The Hall–Kier alpha value is -6.00. The number of aliphatic carboxylic acids is 1. The van der Waals surface area contributed by atoms with Crippen molar-refractivity contribution in [3.63, 3.8) is 0 Å². The Kier molecular flexibility index (Phi) is 19.5. The molecule has 0 bridgehead atoms. The lowest BCUT2D eigenvalue weighted by molar-refractivity contribution is -0.144. The third-order valence-corrected chi connectivity index (χ3v) is 10.7. The predicted molar refractivity (Wildman–Crippen MR) is 224 cm³/mol. The average molecular weight is 835 g/mol. The fourth-order valence-electron chi connectivity index (χ4n) is 6.89. The lowest BCUT2D eigenvalue weighted by Crippen LogP contribution is -2.61. The fraction of sp³-hybridized carbons (Fsp3) is 0.535. The first-order chi connectivity index (χ1) is 28.5. The Labute approximate surface area is 351 Å². The number of benzene rings is 2. The van der Waals surface area contributed by atoms with Gasteiger partial charge in [0.1, 0.15) is 36.3 Å². The number of nitrogens with two attached hydrogens (primary N) is 1. The summed E-state index contributed by atoms with van der Waals surface area (Å²) in [6.45, 7) is 6.96. The highest BCUT2D eigenvalue weighted by atomic mass is 16.4. The van der Waals surface area contributed by atoms with E-state index in [2.05, 4.69) is 31.9 Å². The van der Waals surface area contributed by atoms with Crippen LogP contribution in [-0.2, 0) is 46.4 Å². The van der Waals surface area contributed by atoms with Crippen LogP contribution in [-0.4, -0.2) is 107 Å². The number of carbonyl (C=O) groups is 8. The van der Waals surface area contributed by atoms with Gasteiger partial charge in [-0.05, 0) is 61.5 Å². The van der Waals surface area contributed by atoms with Crippen LogP contribution in [0.4, 0.5) is 4.79 Å². The Morgan fingerprint density at radius 2 is 1.45 bits per heavy atom. The summed E-state index contributed by atoms with van der Waals surface area (Å²) in [5.41, 5.74) is 7.30. The number of likely N-dealkylation sites (N-methyl/N-ethyl adjacent to an activating group) is 1. The van der Waals surface area contributed by atoms with E-state index in [0.717, 1.165) is 16.0 Å². The van der Waals surface area contributed by atoms with Gasteiger partial charge in [-0.2, -0.15) is 0 Å². The highest BCUT2D eigenvalue weighted by Gasteiger charge is 2.37. The van der Waals surface area contributed by atoms with Crippen molar-refractivity contribution in [3.8, 4) is 0 Å². The summed E-state index contributed by atoms with van der Waals surface area (Å²) in [7, 11) is 1.32. The van der Waals surface area contributed by atoms with Crippen LogP contribution in [0.3, 0.4) is 0 Å². The van der Waals surface area contributed by atoms with E-state index in [-0.39, 0.29) is 25.8 Å². The summed E-state index contributed by atoms with van der Waals surface area (Å²) in [5, 5.41) is 25.8. The van der Waals surface area contributed by atoms with Crippen molar-refractivity contribution in [1.29, 1.82) is 0 Å². The number of nitrogens with one attached hydrogen (secondary N) is 6. The van der Waals surface area contributed by atoms with Crippen LogP contribution in [0.15, 0.2) is 60.7 Å². The largest absolute Gasteiger partial charge is 0.480 e. The molecule has 2 aromatic carbocycles. The van der Waals surface area contributed by atoms with Crippen molar-refractivity contribution in [3.05, 3.63) is 71.8 Å². The second-order valence-electron chi connectivity index (χ2n) is 15.7. The molecule has 0 aliphatic carbocycles. The third kappa shape index (κ3) is 15.3. The maximum atomic E-state index is 14.4. The summed E-state index contributed by atoms with van der Waals surface area (Å²) in [4.78, 5) is 109. The van der Waals surface area contributed by atoms with E-state index < -0.39 is 102 Å². The number of primary amides is 1. The first-order valence-corrected chi connectivity index (χ1v) is 20.6. The van der Waals surface area contributed by atoms with Crippen molar-refractivity contribution in [2.24, 2.45) is 17.6 Å². The monoisotopic (exact) mass is 834 g/mol. The Bertz CT molecular complexity index is 1780. The molecule has 9 N–H and O–H groups in total. The molecule has 0 aromatic heterocycles. The van der Waals surface area contributed by atoms with Gasteiger partial charge in [0.25, 0.3) is 0 Å². The number of carboxylic acid groups (broad SMARTS) is 1. The second kappa shape index (κ2) is 24.2. The highest BCUT2D eigenvalue weighted by molar-refractivity contribution is 5.98. The molecule has 0 radical (unpaired) electrons. The number of amides is 8. The average Bonchev–Trinajstić information content (AvgIpc) is 3.21. The summed E-state index contributed by atoms with van der Waals surface area (Å²) in [6.07, 6.45) is 1.72. The molecule has 1 fully saturated rings. The van der Waals surface area contributed by atoms with Gasteiger partial charge < -0.3 is 47.6 Å². The number of carbonyl (C=O) groups excluding carboxylic acids is 7. The molecular formula is C43H62N8O9. The van der Waals surface area contributed by atoms with Gasteiger partial charge in [-0.15, -0.1) is 0 Å². The van der Waals surface area contributed by atoms with Crippen LogP contribution in [0, 0.1) is 11.8 Å². The van der Waals surface area contributed by atoms with Crippen LogP contribution < -0.4 is 37.6 Å². The van der Waals surface area contributed by atoms with Crippen LogP contribution in [0.5, 0.6) is 0 Å². The van der Waals surface area contributed by atoms with Crippen molar-refractivity contribution in [1.82, 2.24) is 36.8 Å². The van der Waals surface area contributed by atoms with Crippen molar-refractivity contribution >= 4 is 47.4 Å². The minimum Gasteiger partial charge on any atom is -0.480 e. The molecule has 17 nitrogen and oxygen atoms in total. The molecule has 7 atom stereocenters. The molecule has 328 valence electrons. The van der Waals surface area contributed by atoms with Gasteiger partial charge in [0.15, 0.2) is 0 Å². The highest BCUT2D eigenvalue weighted by Crippen LogP contribution is 2.15. The molecule has 0 spiro atoms. The molecule has 0 unspecified atom stereocenters. The predicted octanol–water partition coefficient (Wildman–Crippen LogP) is 1.53. The Morgan fingerprint density at radius 3 is 2.03 bits per heavy atom. The van der Waals surface area contributed by atoms with Gasteiger partial charge in [-0.1, -0.05) is 94.8 Å². The maximum absolute atomic E-state index is 14.4. The lowest BCUT2D eigenvalue weighted by atomic mass is 9.99. The number of aryl methyl sites for hydroxylation is 1. The number of urea groups is 1. The molecule has 60 heavy (non-hydrogen) atoms. The van der Waals surface area contributed by atoms with Crippen molar-refractivity contribution in [2.75, 3.05) is 13.6 Å². The van der Waals surface area contributed by atoms with Crippen LogP contribution in [0.1, 0.15) is 83.8 Å². The zero-order valence-corrected chi connectivity index (χ0v) is 35.2. The molecule has 0 saturated carbocycles. The summed E-state index contributed by atoms with van der Waals surface area (Å²) < 4.78 is 0. The number of carboxylic acids is 1. The standard InChI is InChI=1S/C43H62N8O9/c1-6-27(4)36(42(58)59)50-43(60)48-30-21-13-14-23-45-37(53)32(24-29-18-11-8-12-19-29)47-39(55)33(25-34(44)52)51(5)41(57)31(22-15-20-28-16-9-7-10-17-28)46-40(56)35(26(2)3)49-38(30)54/h7-12,16-19,26-27,30-33,35-36H,6,13-15,20-25H2,1-5H3,(H2,44,52)(H,45,53)(H,46,56)(H,47,55)(H,49,54)(H,58,59)(H2,48,50,60)/t27-,30-,31+,32+,33+,35+,36+/m1/s1. The maximum Gasteiger partial charge on any atom is 0.326 e. The number of hydrogen-bond donors (Lipinski definition) is 8. The zero-order valence-electron chi connectivity index (χ0n) is 35.2. The minimum atomic E-state index is -1.45. The fourth-order valence-corrected chi connectivity index (χ4v) is 6.89.